The predicted octanol–water partition coefficient (Wildman–Crippen LogP) is 2.70. The molecular weight excluding hydrogens is 439 g/mol. The standard InChI is InChI=1S/C21H25N3O2.C2HF3O2/c1-17-7-9-18(10-8-17)15-24(21(26)19-5-3-2-4-6-19)16-20(25)23-13-11-22-12-14-23;3-2(4,5)1(6)7/h2-10,22H,11-16H2,1H3;(H,6,7). The number of benzene rings is 2. The van der Waals surface area contributed by atoms with Crippen LogP contribution in [0.2, 0.25) is 0 Å². The number of carbonyl (C=O) groups excluding carboxylic acids is 2. The van der Waals surface area contributed by atoms with Gasteiger partial charge in [0.25, 0.3) is 5.91 Å². The molecule has 2 N–H and O–H groups in total. The van der Waals surface area contributed by atoms with Crippen LogP contribution in [0.5, 0.6) is 0 Å². The van der Waals surface area contributed by atoms with Crippen LogP contribution in [0.15, 0.2) is 54.6 Å². The maximum Gasteiger partial charge on any atom is 0.490 e. The second-order valence-corrected chi connectivity index (χ2v) is 7.45. The minimum absolute atomic E-state index is 0.00268. The van der Waals surface area contributed by atoms with Crippen LogP contribution in [0.1, 0.15) is 21.5 Å². The molecule has 1 aliphatic heterocycles. The zero-order valence-electron chi connectivity index (χ0n) is 18.1. The SMILES string of the molecule is Cc1ccc(CN(CC(=O)N2CCNCC2)C(=O)c2ccccc2)cc1.O=C(O)C(F)(F)F. The highest BCUT2D eigenvalue weighted by molar-refractivity contribution is 5.96. The Morgan fingerprint density at radius 2 is 1.55 bits per heavy atom. The summed E-state index contributed by atoms with van der Waals surface area (Å²) in [7, 11) is 0. The van der Waals surface area contributed by atoms with Crippen molar-refractivity contribution in [1.82, 2.24) is 15.1 Å². The summed E-state index contributed by atoms with van der Waals surface area (Å²) in [6.07, 6.45) is -5.08. The van der Waals surface area contributed by atoms with Crippen LogP contribution < -0.4 is 5.32 Å². The van der Waals surface area contributed by atoms with Gasteiger partial charge in [-0.3, -0.25) is 9.59 Å². The fourth-order valence-corrected chi connectivity index (χ4v) is 3.05. The lowest BCUT2D eigenvalue weighted by atomic mass is 10.1. The third kappa shape index (κ3) is 8.57. The molecule has 1 aliphatic rings. The van der Waals surface area contributed by atoms with Crippen molar-refractivity contribution < 1.29 is 32.7 Å². The van der Waals surface area contributed by atoms with E-state index in [1.165, 1.54) is 5.56 Å². The molecule has 1 saturated heterocycles. The third-order valence-electron chi connectivity index (χ3n) is 4.84. The molecule has 178 valence electrons. The van der Waals surface area contributed by atoms with Crippen molar-refractivity contribution in [2.24, 2.45) is 0 Å². The van der Waals surface area contributed by atoms with Crippen molar-refractivity contribution in [1.29, 1.82) is 0 Å². The van der Waals surface area contributed by atoms with Crippen molar-refractivity contribution in [3.63, 3.8) is 0 Å². The monoisotopic (exact) mass is 465 g/mol. The molecule has 3 rings (SSSR count). The van der Waals surface area contributed by atoms with Crippen LogP contribution >= 0.6 is 0 Å². The molecule has 0 spiro atoms. The highest BCUT2D eigenvalue weighted by Gasteiger charge is 2.38. The number of carbonyl (C=O) groups is 3. The molecule has 0 bridgehead atoms. The number of carboxylic acids is 1. The van der Waals surface area contributed by atoms with Crippen molar-refractivity contribution in [2.75, 3.05) is 32.7 Å². The summed E-state index contributed by atoms with van der Waals surface area (Å²) in [6, 6.07) is 17.2. The van der Waals surface area contributed by atoms with E-state index in [2.05, 4.69) is 5.32 Å². The van der Waals surface area contributed by atoms with Gasteiger partial charge in [0.05, 0.1) is 0 Å². The van der Waals surface area contributed by atoms with Gasteiger partial charge < -0.3 is 20.2 Å². The highest BCUT2D eigenvalue weighted by Crippen LogP contribution is 2.13. The highest BCUT2D eigenvalue weighted by atomic mass is 19.4. The maximum absolute atomic E-state index is 13.0. The summed E-state index contributed by atoms with van der Waals surface area (Å²) in [5, 5.41) is 10.4. The van der Waals surface area contributed by atoms with Crippen LogP contribution in [-0.2, 0) is 16.1 Å². The largest absolute Gasteiger partial charge is 0.490 e. The van der Waals surface area contributed by atoms with E-state index in [0.29, 0.717) is 25.2 Å². The molecule has 10 heteroatoms. The number of aryl methyl sites for hydroxylation is 1. The lowest BCUT2D eigenvalue weighted by Gasteiger charge is -2.30. The molecule has 2 aromatic rings. The number of halogens is 3. The molecule has 0 radical (unpaired) electrons. The zero-order chi connectivity index (χ0) is 24.4. The average molecular weight is 465 g/mol. The molecule has 0 atom stereocenters. The van der Waals surface area contributed by atoms with Crippen LogP contribution in [-0.4, -0.2) is 71.6 Å². The number of rotatable bonds is 5. The van der Waals surface area contributed by atoms with Crippen molar-refractivity contribution >= 4 is 17.8 Å². The van der Waals surface area contributed by atoms with E-state index >= 15 is 0 Å². The number of nitrogens with one attached hydrogen (secondary N) is 1. The molecule has 0 aromatic heterocycles. The van der Waals surface area contributed by atoms with E-state index in [9.17, 15) is 22.8 Å². The summed E-state index contributed by atoms with van der Waals surface area (Å²) < 4.78 is 31.7. The minimum atomic E-state index is -5.08. The lowest BCUT2D eigenvalue weighted by molar-refractivity contribution is -0.192. The third-order valence-corrected chi connectivity index (χ3v) is 4.84. The Labute approximate surface area is 189 Å². The van der Waals surface area contributed by atoms with Gasteiger partial charge in [-0.05, 0) is 24.6 Å². The normalized spacial score (nSPS) is 13.5. The molecule has 1 fully saturated rings. The first-order valence-corrected chi connectivity index (χ1v) is 10.3. The number of amides is 2. The van der Waals surface area contributed by atoms with Crippen molar-refractivity contribution in [3.8, 4) is 0 Å². The molecule has 0 saturated carbocycles. The molecule has 33 heavy (non-hydrogen) atoms. The fourth-order valence-electron chi connectivity index (χ4n) is 3.05. The molecule has 2 aromatic carbocycles. The first-order valence-electron chi connectivity index (χ1n) is 10.3. The molecule has 2 amide bonds. The summed E-state index contributed by atoms with van der Waals surface area (Å²) in [5.41, 5.74) is 2.80. The number of alkyl halides is 3. The average Bonchev–Trinajstić information content (AvgIpc) is 2.80. The van der Waals surface area contributed by atoms with Crippen LogP contribution in [0.3, 0.4) is 0 Å². The van der Waals surface area contributed by atoms with Crippen molar-refractivity contribution in [3.05, 3.63) is 71.3 Å². The van der Waals surface area contributed by atoms with E-state index in [-0.39, 0.29) is 18.4 Å². The topological polar surface area (TPSA) is 90.0 Å². The second kappa shape index (κ2) is 12.0. The van der Waals surface area contributed by atoms with Crippen LogP contribution in [0.25, 0.3) is 0 Å². The number of carboxylic acid groups (broad SMARTS) is 1. The molecule has 0 unspecified atom stereocenters. The Kier molecular flexibility index (Phi) is 9.41. The quantitative estimate of drug-likeness (QED) is 0.709. The van der Waals surface area contributed by atoms with E-state index in [1.807, 2.05) is 54.3 Å². The number of hydrogen-bond donors (Lipinski definition) is 2. The number of aliphatic carboxylic acids is 1. The number of nitrogens with zero attached hydrogens (tertiary/aromatic N) is 2. The first-order chi connectivity index (χ1) is 15.6. The number of piperazine rings is 1. The molecule has 1 heterocycles. The summed E-state index contributed by atoms with van der Waals surface area (Å²) >= 11 is 0. The Balaban J connectivity index is 0.000000479. The van der Waals surface area contributed by atoms with Gasteiger partial charge in [0.1, 0.15) is 6.54 Å². The van der Waals surface area contributed by atoms with Gasteiger partial charge in [0.2, 0.25) is 5.91 Å². The maximum atomic E-state index is 13.0. The Morgan fingerprint density at radius 1 is 1.00 bits per heavy atom. The molecule has 0 aliphatic carbocycles. The van der Waals surface area contributed by atoms with Gasteiger partial charge in [0, 0.05) is 38.3 Å². The Hall–Kier alpha value is -3.40. The van der Waals surface area contributed by atoms with Crippen LogP contribution in [0.4, 0.5) is 13.2 Å². The summed E-state index contributed by atoms with van der Waals surface area (Å²) in [6.45, 7) is 5.54. The Morgan fingerprint density at radius 3 is 2.06 bits per heavy atom. The fraction of sp³-hybridized carbons (Fsp3) is 0.348. The van der Waals surface area contributed by atoms with Gasteiger partial charge in [-0.2, -0.15) is 13.2 Å². The lowest BCUT2D eigenvalue weighted by Crippen LogP contribution is -2.50. The van der Waals surface area contributed by atoms with E-state index in [1.54, 1.807) is 17.0 Å². The van der Waals surface area contributed by atoms with E-state index in [0.717, 1.165) is 18.7 Å². The first kappa shape index (κ1) is 25.9. The summed E-state index contributed by atoms with van der Waals surface area (Å²) in [5.74, 6) is -2.87. The van der Waals surface area contributed by atoms with E-state index in [4.69, 9.17) is 9.90 Å². The van der Waals surface area contributed by atoms with Gasteiger partial charge in [-0.15, -0.1) is 0 Å². The Bertz CT molecular complexity index is 928. The van der Waals surface area contributed by atoms with Gasteiger partial charge in [-0.25, -0.2) is 4.79 Å². The van der Waals surface area contributed by atoms with Crippen molar-refractivity contribution in [2.45, 2.75) is 19.6 Å². The smallest absolute Gasteiger partial charge is 0.475 e. The van der Waals surface area contributed by atoms with Gasteiger partial charge in [-0.1, -0.05) is 48.0 Å². The van der Waals surface area contributed by atoms with Crippen LogP contribution in [0, 0.1) is 6.92 Å². The summed E-state index contributed by atoms with van der Waals surface area (Å²) in [4.78, 5) is 38.0. The molecular formula is C23H26F3N3O4. The predicted molar refractivity (Wildman–Crippen MR) is 116 cm³/mol. The van der Waals surface area contributed by atoms with Gasteiger partial charge in [0.15, 0.2) is 0 Å². The number of hydrogen-bond acceptors (Lipinski definition) is 4. The second-order valence-electron chi connectivity index (χ2n) is 7.45. The minimum Gasteiger partial charge on any atom is -0.475 e. The zero-order valence-corrected chi connectivity index (χ0v) is 18.1. The molecule has 7 nitrogen and oxygen atoms in total. The van der Waals surface area contributed by atoms with Gasteiger partial charge >= 0.3 is 12.1 Å². The van der Waals surface area contributed by atoms with E-state index < -0.39 is 12.1 Å².